The molecule has 1 amide bonds. The number of carbonyl (C=O) groups excluding carboxylic acids is 1. The molecule has 92 valence electrons. The molecule has 0 bridgehead atoms. The second-order valence-electron chi connectivity index (χ2n) is 3.45. The SMILES string of the molecule is C=C(Br)CNC(=O)C(C)Oc1cccc(Cl)c1. The van der Waals surface area contributed by atoms with Gasteiger partial charge in [-0.1, -0.05) is 40.2 Å². The van der Waals surface area contributed by atoms with Crippen molar-refractivity contribution < 1.29 is 9.53 Å². The highest BCUT2D eigenvalue weighted by Gasteiger charge is 2.14. The van der Waals surface area contributed by atoms with E-state index in [1.165, 1.54) is 0 Å². The first-order valence-corrected chi connectivity index (χ1v) is 6.19. The molecule has 1 unspecified atom stereocenters. The third-order valence-corrected chi connectivity index (χ3v) is 2.45. The Morgan fingerprint density at radius 1 is 1.65 bits per heavy atom. The topological polar surface area (TPSA) is 38.3 Å². The van der Waals surface area contributed by atoms with Gasteiger partial charge in [-0.2, -0.15) is 0 Å². The van der Waals surface area contributed by atoms with Crippen LogP contribution in [-0.2, 0) is 4.79 Å². The van der Waals surface area contributed by atoms with Crippen molar-refractivity contribution in [2.24, 2.45) is 0 Å². The molecular formula is C12H13BrClNO2. The number of nitrogens with one attached hydrogen (secondary N) is 1. The summed E-state index contributed by atoms with van der Waals surface area (Å²) in [5.41, 5.74) is 0. The fourth-order valence-electron chi connectivity index (χ4n) is 1.12. The molecule has 0 saturated heterocycles. The van der Waals surface area contributed by atoms with Crippen LogP contribution < -0.4 is 10.1 Å². The van der Waals surface area contributed by atoms with Gasteiger partial charge in [0.25, 0.3) is 5.91 Å². The summed E-state index contributed by atoms with van der Waals surface area (Å²) in [4.78, 5) is 11.6. The molecular weight excluding hydrogens is 305 g/mol. The second-order valence-corrected chi connectivity index (χ2v) is 5.01. The largest absolute Gasteiger partial charge is 0.481 e. The molecule has 1 aromatic carbocycles. The highest BCUT2D eigenvalue weighted by Crippen LogP contribution is 2.18. The van der Waals surface area contributed by atoms with E-state index in [9.17, 15) is 4.79 Å². The Balaban J connectivity index is 2.51. The fraction of sp³-hybridized carbons (Fsp3) is 0.250. The summed E-state index contributed by atoms with van der Waals surface area (Å²) in [6.45, 7) is 5.68. The van der Waals surface area contributed by atoms with Crippen molar-refractivity contribution in [3.63, 3.8) is 0 Å². The lowest BCUT2D eigenvalue weighted by Crippen LogP contribution is -2.36. The molecule has 1 N–H and O–H groups in total. The molecule has 0 aliphatic carbocycles. The molecule has 0 saturated carbocycles. The van der Waals surface area contributed by atoms with E-state index < -0.39 is 6.10 Å². The number of amides is 1. The fourth-order valence-corrected chi connectivity index (χ4v) is 1.45. The minimum atomic E-state index is -0.583. The Labute approximate surface area is 114 Å². The molecule has 0 aliphatic rings. The van der Waals surface area contributed by atoms with Crippen molar-refractivity contribution in [3.8, 4) is 5.75 Å². The van der Waals surface area contributed by atoms with Gasteiger partial charge in [-0.15, -0.1) is 0 Å². The van der Waals surface area contributed by atoms with Crippen molar-refractivity contribution in [2.75, 3.05) is 6.54 Å². The molecule has 0 heterocycles. The van der Waals surface area contributed by atoms with Gasteiger partial charge in [-0.25, -0.2) is 0 Å². The highest BCUT2D eigenvalue weighted by molar-refractivity contribution is 9.11. The molecule has 0 aromatic heterocycles. The highest BCUT2D eigenvalue weighted by atomic mass is 79.9. The third-order valence-electron chi connectivity index (χ3n) is 1.93. The average molecular weight is 319 g/mol. The number of halogens is 2. The lowest BCUT2D eigenvalue weighted by atomic mass is 10.3. The summed E-state index contributed by atoms with van der Waals surface area (Å²) in [6, 6.07) is 6.92. The predicted octanol–water partition coefficient (Wildman–Crippen LogP) is 3.13. The van der Waals surface area contributed by atoms with E-state index in [1.54, 1.807) is 31.2 Å². The van der Waals surface area contributed by atoms with Crippen molar-refractivity contribution >= 4 is 33.4 Å². The maximum Gasteiger partial charge on any atom is 0.261 e. The summed E-state index contributed by atoms with van der Waals surface area (Å²) in [6.07, 6.45) is -0.583. The standard InChI is InChI=1S/C12H13BrClNO2/c1-8(13)7-15-12(16)9(2)17-11-5-3-4-10(14)6-11/h3-6,9H,1,7H2,2H3,(H,15,16). The van der Waals surface area contributed by atoms with Gasteiger partial charge >= 0.3 is 0 Å². The van der Waals surface area contributed by atoms with Crippen LogP contribution in [0, 0.1) is 0 Å². The zero-order valence-corrected chi connectivity index (χ0v) is 11.7. The monoisotopic (exact) mass is 317 g/mol. The predicted molar refractivity (Wildman–Crippen MR) is 72.6 cm³/mol. The number of hydrogen-bond acceptors (Lipinski definition) is 2. The Morgan fingerprint density at radius 2 is 2.35 bits per heavy atom. The first kappa shape index (κ1) is 14.1. The molecule has 0 spiro atoms. The van der Waals surface area contributed by atoms with E-state index in [0.717, 1.165) is 0 Å². The smallest absolute Gasteiger partial charge is 0.261 e. The number of hydrogen-bond donors (Lipinski definition) is 1. The molecule has 1 atom stereocenters. The van der Waals surface area contributed by atoms with Crippen LogP contribution in [0.3, 0.4) is 0 Å². The maximum absolute atomic E-state index is 11.6. The van der Waals surface area contributed by atoms with E-state index in [0.29, 0.717) is 21.8 Å². The van der Waals surface area contributed by atoms with E-state index in [1.807, 2.05) is 0 Å². The van der Waals surface area contributed by atoms with Gasteiger partial charge in [-0.05, 0) is 25.1 Å². The first-order chi connectivity index (χ1) is 7.99. The van der Waals surface area contributed by atoms with E-state index in [2.05, 4.69) is 27.8 Å². The quantitative estimate of drug-likeness (QED) is 0.906. The molecule has 1 rings (SSSR count). The van der Waals surface area contributed by atoms with Crippen LogP contribution in [-0.4, -0.2) is 18.6 Å². The average Bonchev–Trinajstić information content (AvgIpc) is 2.25. The van der Waals surface area contributed by atoms with Crippen molar-refractivity contribution in [1.82, 2.24) is 5.32 Å². The van der Waals surface area contributed by atoms with Crippen molar-refractivity contribution in [2.45, 2.75) is 13.0 Å². The zero-order valence-electron chi connectivity index (χ0n) is 9.37. The normalized spacial score (nSPS) is 11.7. The van der Waals surface area contributed by atoms with Gasteiger partial charge in [0.05, 0.1) is 0 Å². The molecule has 0 fully saturated rings. The van der Waals surface area contributed by atoms with Crippen LogP contribution in [0.1, 0.15) is 6.92 Å². The van der Waals surface area contributed by atoms with Gasteiger partial charge in [0.15, 0.2) is 6.10 Å². The van der Waals surface area contributed by atoms with Crippen LogP contribution in [0.5, 0.6) is 5.75 Å². The molecule has 3 nitrogen and oxygen atoms in total. The molecule has 0 aliphatic heterocycles. The Kier molecular flexibility index (Phi) is 5.51. The number of ether oxygens (including phenoxy) is 1. The van der Waals surface area contributed by atoms with Crippen LogP contribution in [0.2, 0.25) is 5.02 Å². The van der Waals surface area contributed by atoms with Gasteiger partial charge in [0, 0.05) is 16.0 Å². The van der Waals surface area contributed by atoms with Crippen LogP contribution >= 0.6 is 27.5 Å². The lowest BCUT2D eigenvalue weighted by molar-refractivity contribution is -0.127. The van der Waals surface area contributed by atoms with Gasteiger partial charge in [0.2, 0.25) is 0 Å². The molecule has 17 heavy (non-hydrogen) atoms. The van der Waals surface area contributed by atoms with Crippen molar-refractivity contribution in [3.05, 3.63) is 40.3 Å². The Morgan fingerprint density at radius 3 is 2.94 bits per heavy atom. The molecule has 0 radical (unpaired) electrons. The van der Waals surface area contributed by atoms with Crippen LogP contribution in [0.15, 0.2) is 35.3 Å². The van der Waals surface area contributed by atoms with E-state index in [4.69, 9.17) is 16.3 Å². The second kappa shape index (κ2) is 6.67. The van der Waals surface area contributed by atoms with Crippen LogP contribution in [0.4, 0.5) is 0 Å². The number of benzene rings is 1. The van der Waals surface area contributed by atoms with Crippen LogP contribution in [0.25, 0.3) is 0 Å². The maximum atomic E-state index is 11.6. The molecule has 1 aromatic rings. The summed E-state index contributed by atoms with van der Waals surface area (Å²) in [5.74, 6) is 0.364. The van der Waals surface area contributed by atoms with E-state index in [-0.39, 0.29) is 5.91 Å². The van der Waals surface area contributed by atoms with E-state index >= 15 is 0 Å². The summed E-state index contributed by atoms with van der Waals surface area (Å²) < 4.78 is 6.16. The van der Waals surface area contributed by atoms with Gasteiger partial charge in [0.1, 0.15) is 5.75 Å². The van der Waals surface area contributed by atoms with Gasteiger partial charge < -0.3 is 10.1 Å². The summed E-state index contributed by atoms with van der Waals surface area (Å²) in [7, 11) is 0. The minimum absolute atomic E-state index is 0.203. The molecule has 5 heteroatoms. The number of carbonyl (C=O) groups is 1. The Bertz CT molecular complexity index is 423. The van der Waals surface area contributed by atoms with Gasteiger partial charge in [-0.3, -0.25) is 4.79 Å². The number of rotatable bonds is 5. The lowest BCUT2D eigenvalue weighted by Gasteiger charge is -2.14. The Hall–Kier alpha value is -1.00. The summed E-state index contributed by atoms with van der Waals surface area (Å²) in [5, 5.41) is 3.25. The summed E-state index contributed by atoms with van der Waals surface area (Å²) >= 11 is 8.97. The minimum Gasteiger partial charge on any atom is -0.481 e. The third kappa shape index (κ3) is 5.24. The van der Waals surface area contributed by atoms with Crippen molar-refractivity contribution in [1.29, 1.82) is 0 Å². The zero-order chi connectivity index (χ0) is 12.8. The first-order valence-electron chi connectivity index (χ1n) is 5.02.